The van der Waals surface area contributed by atoms with Crippen molar-refractivity contribution in [3.8, 4) is 11.4 Å². The van der Waals surface area contributed by atoms with Crippen molar-refractivity contribution in [3.63, 3.8) is 0 Å². The zero-order valence-corrected chi connectivity index (χ0v) is 12.6. The molecule has 0 amide bonds. The molecule has 2 aromatic rings. The van der Waals surface area contributed by atoms with Gasteiger partial charge in [0.05, 0.1) is 0 Å². The monoisotopic (exact) mass is 289 g/mol. The van der Waals surface area contributed by atoms with Gasteiger partial charge in [-0.25, -0.2) is 0 Å². The van der Waals surface area contributed by atoms with Gasteiger partial charge in [-0.15, -0.1) is 10.2 Å². The summed E-state index contributed by atoms with van der Waals surface area (Å²) in [6.07, 6.45) is 6.22. The van der Waals surface area contributed by atoms with Gasteiger partial charge >= 0.3 is 0 Å². The molecule has 2 atom stereocenters. The van der Waals surface area contributed by atoms with E-state index < -0.39 is 0 Å². The molecule has 0 aliphatic heterocycles. The quantitative estimate of drug-likeness (QED) is 0.817. The van der Waals surface area contributed by atoms with Gasteiger partial charge in [-0.2, -0.15) is 0 Å². The summed E-state index contributed by atoms with van der Waals surface area (Å²) in [5, 5.41) is 8.91. The van der Waals surface area contributed by atoms with Gasteiger partial charge in [-0.3, -0.25) is 4.57 Å². The molecule has 2 unspecified atom stereocenters. The van der Waals surface area contributed by atoms with Crippen molar-refractivity contribution in [1.29, 1.82) is 0 Å². The molecule has 4 heteroatoms. The molecule has 1 aromatic heterocycles. The van der Waals surface area contributed by atoms with Crippen LogP contribution in [0.2, 0.25) is 5.28 Å². The van der Waals surface area contributed by atoms with E-state index in [1.165, 1.54) is 32.1 Å². The first-order chi connectivity index (χ1) is 9.79. The molecule has 3 rings (SSSR count). The summed E-state index contributed by atoms with van der Waals surface area (Å²) < 4.78 is 2.14. The normalized spacial score (nSPS) is 22.9. The molecule has 0 bridgehead atoms. The first kappa shape index (κ1) is 13.6. The van der Waals surface area contributed by atoms with Gasteiger partial charge < -0.3 is 0 Å². The molecular weight excluding hydrogens is 270 g/mol. The number of benzene rings is 1. The van der Waals surface area contributed by atoms with Crippen LogP contribution in [0.3, 0.4) is 0 Å². The molecular formula is C16H20ClN3. The highest BCUT2D eigenvalue weighted by molar-refractivity contribution is 6.28. The third-order valence-electron chi connectivity index (χ3n) is 4.38. The Kier molecular flexibility index (Phi) is 4.06. The average molecular weight is 290 g/mol. The first-order valence-corrected chi connectivity index (χ1v) is 7.83. The SMILES string of the molecule is CCC1CCCC(n2c(Cl)nnc2-c2ccccc2)C1. The zero-order chi connectivity index (χ0) is 13.9. The highest BCUT2D eigenvalue weighted by Gasteiger charge is 2.26. The lowest BCUT2D eigenvalue weighted by Crippen LogP contribution is -2.19. The molecule has 3 nitrogen and oxygen atoms in total. The van der Waals surface area contributed by atoms with Crippen molar-refractivity contribution in [2.45, 2.75) is 45.1 Å². The predicted octanol–water partition coefficient (Wildman–Crippen LogP) is 4.74. The molecule has 1 aliphatic carbocycles. The van der Waals surface area contributed by atoms with Crippen molar-refractivity contribution in [3.05, 3.63) is 35.6 Å². The summed E-state index contributed by atoms with van der Waals surface area (Å²) in [5.74, 6) is 1.70. The van der Waals surface area contributed by atoms with E-state index in [2.05, 4.69) is 33.8 Å². The Morgan fingerprint density at radius 3 is 2.75 bits per heavy atom. The summed E-state index contributed by atoms with van der Waals surface area (Å²) >= 11 is 6.31. The molecule has 1 heterocycles. The van der Waals surface area contributed by atoms with E-state index in [0.717, 1.165) is 17.3 Å². The lowest BCUT2D eigenvalue weighted by atomic mass is 9.84. The van der Waals surface area contributed by atoms with Crippen LogP contribution in [-0.4, -0.2) is 14.8 Å². The Bertz CT molecular complexity index is 564. The van der Waals surface area contributed by atoms with E-state index >= 15 is 0 Å². The standard InChI is InChI=1S/C16H20ClN3/c1-2-12-7-6-10-14(11-12)20-15(18-19-16(20)17)13-8-4-3-5-9-13/h3-5,8-9,12,14H,2,6-7,10-11H2,1H3. The first-order valence-electron chi connectivity index (χ1n) is 7.45. The summed E-state index contributed by atoms with van der Waals surface area (Å²) in [6.45, 7) is 2.28. The molecule has 1 aliphatic rings. The van der Waals surface area contributed by atoms with Gasteiger partial charge in [0, 0.05) is 11.6 Å². The minimum absolute atomic E-state index is 0.436. The largest absolute Gasteiger partial charge is 0.295 e. The fourth-order valence-corrected chi connectivity index (χ4v) is 3.50. The number of rotatable bonds is 3. The number of hydrogen-bond acceptors (Lipinski definition) is 2. The van der Waals surface area contributed by atoms with Crippen molar-refractivity contribution in [2.75, 3.05) is 0 Å². The second kappa shape index (κ2) is 5.96. The van der Waals surface area contributed by atoms with E-state index in [9.17, 15) is 0 Å². The minimum atomic E-state index is 0.436. The maximum Gasteiger partial charge on any atom is 0.225 e. The molecule has 106 valence electrons. The topological polar surface area (TPSA) is 30.7 Å². The zero-order valence-electron chi connectivity index (χ0n) is 11.8. The van der Waals surface area contributed by atoms with Crippen LogP contribution in [0, 0.1) is 5.92 Å². The van der Waals surface area contributed by atoms with Crippen LogP contribution >= 0.6 is 11.6 Å². The molecule has 0 saturated heterocycles. The average Bonchev–Trinajstić information content (AvgIpc) is 2.90. The molecule has 1 fully saturated rings. The maximum atomic E-state index is 6.31. The number of aromatic nitrogens is 3. The number of halogens is 1. The highest BCUT2D eigenvalue weighted by atomic mass is 35.5. The second-order valence-electron chi connectivity index (χ2n) is 5.62. The van der Waals surface area contributed by atoms with Crippen LogP contribution < -0.4 is 0 Å². The van der Waals surface area contributed by atoms with E-state index in [4.69, 9.17) is 11.6 Å². The van der Waals surface area contributed by atoms with Crippen LogP contribution in [0.4, 0.5) is 0 Å². The Labute approximate surface area is 125 Å². The van der Waals surface area contributed by atoms with Gasteiger partial charge in [-0.1, -0.05) is 56.5 Å². The van der Waals surface area contributed by atoms with Gasteiger partial charge in [0.25, 0.3) is 0 Å². The van der Waals surface area contributed by atoms with Crippen molar-refractivity contribution >= 4 is 11.6 Å². The van der Waals surface area contributed by atoms with Gasteiger partial charge in [0.2, 0.25) is 5.28 Å². The highest BCUT2D eigenvalue weighted by Crippen LogP contribution is 2.37. The van der Waals surface area contributed by atoms with Crippen LogP contribution in [0.15, 0.2) is 30.3 Å². The van der Waals surface area contributed by atoms with Gasteiger partial charge in [0.1, 0.15) is 0 Å². The van der Waals surface area contributed by atoms with E-state index in [0.29, 0.717) is 11.3 Å². The third kappa shape index (κ3) is 2.59. The van der Waals surface area contributed by atoms with Gasteiger partial charge in [-0.05, 0) is 30.4 Å². The van der Waals surface area contributed by atoms with Crippen molar-refractivity contribution in [1.82, 2.24) is 14.8 Å². The Morgan fingerprint density at radius 1 is 1.20 bits per heavy atom. The lowest BCUT2D eigenvalue weighted by Gasteiger charge is -2.30. The lowest BCUT2D eigenvalue weighted by molar-refractivity contribution is 0.262. The van der Waals surface area contributed by atoms with Crippen LogP contribution in [0.5, 0.6) is 0 Å². The molecule has 1 saturated carbocycles. The van der Waals surface area contributed by atoms with E-state index in [-0.39, 0.29) is 0 Å². The Morgan fingerprint density at radius 2 is 2.00 bits per heavy atom. The molecule has 0 N–H and O–H groups in total. The van der Waals surface area contributed by atoms with Crippen molar-refractivity contribution < 1.29 is 0 Å². The summed E-state index contributed by atoms with van der Waals surface area (Å²) in [7, 11) is 0. The maximum absolute atomic E-state index is 6.31. The van der Waals surface area contributed by atoms with Crippen LogP contribution in [0.25, 0.3) is 11.4 Å². The van der Waals surface area contributed by atoms with Gasteiger partial charge in [0.15, 0.2) is 5.82 Å². The second-order valence-corrected chi connectivity index (χ2v) is 5.96. The minimum Gasteiger partial charge on any atom is -0.295 e. The van der Waals surface area contributed by atoms with Crippen LogP contribution in [-0.2, 0) is 0 Å². The Hall–Kier alpha value is -1.35. The molecule has 20 heavy (non-hydrogen) atoms. The predicted molar refractivity (Wildman–Crippen MR) is 81.8 cm³/mol. The Balaban J connectivity index is 1.95. The molecule has 0 radical (unpaired) electrons. The smallest absolute Gasteiger partial charge is 0.225 e. The van der Waals surface area contributed by atoms with E-state index in [1.807, 2.05) is 18.2 Å². The molecule has 0 spiro atoms. The van der Waals surface area contributed by atoms with E-state index in [1.54, 1.807) is 0 Å². The third-order valence-corrected chi connectivity index (χ3v) is 4.64. The summed E-state index contributed by atoms with van der Waals surface area (Å²) in [6, 6.07) is 10.6. The molecule has 1 aromatic carbocycles. The number of hydrogen-bond donors (Lipinski definition) is 0. The van der Waals surface area contributed by atoms with Crippen molar-refractivity contribution in [2.24, 2.45) is 5.92 Å². The fourth-order valence-electron chi connectivity index (χ4n) is 3.25. The number of nitrogens with zero attached hydrogens (tertiary/aromatic N) is 3. The fraction of sp³-hybridized carbons (Fsp3) is 0.500. The summed E-state index contributed by atoms with van der Waals surface area (Å²) in [5.41, 5.74) is 1.09. The van der Waals surface area contributed by atoms with Crippen LogP contribution in [0.1, 0.15) is 45.1 Å². The summed E-state index contributed by atoms with van der Waals surface area (Å²) in [4.78, 5) is 0.